The highest BCUT2D eigenvalue weighted by atomic mass is 19.2. The van der Waals surface area contributed by atoms with Crippen molar-refractivity contribution in [3.8, 4) is 0 Å². The first-order valence-electron chi connectivity index (χ1n) is 8.54. The molecule has 3 amide bonds. The Hall–Kier alpha value is -2.65. The molecular formula is C17H17F4N3O3. The SMILES string of the molecule is O=C(CCN1C(=O)C2CCCCC2C1=O)NNc1c(F)c(F)cc(F)c1F. The molecule has 1 heterocycles. The van der Waals surface area contributed by atoms with Crippen LogP contribution in [0, 0.1) is 35.1 Å². The first kappa shape index (κ1) is 19.1. The largest absolute Gasteiger partial charge is 0.293 e. The molecule has 1 aromatic rings. The quantitative estimate of drug-likeness (QED) is 0.352. The first-order chi connectivity index (χ1) is 12.8. The predicted molar refractivity (Wildman–Crippen MR) is 84.8 cm³/mol. The molecule has 146 valence electrons. The van der Waals surface area contributed by atoms with Crippen LogP contribution in [0.4, 0.5) is 23.2 Å². The number of carbonyl (C=O) groups is 3. The topological polar surface area (TPSA) is 78.5 Å². The molecule has 2 atom stereocenters. The molecule has 0 spiro atoms. The molecule has 10 heteroatoms. The summed E-state index contributed by atoms with van der Waals surface area (Å²) >= 11 is 0. The molecule has 6 nitrogen and oxygen atoms in total. The van der Waals surface area contributed by atoms with E-state index in [1.165, 1.54) is 0 Å². The lowest BCUT2D eigenvalue weighted by Gasteiger charge is -2.19. The first-order valence-corrected chi connectivity index (χ1v) is 8.54. The monoisotopic (exact) mass is 387 g/mol. The van der Waals surface area contributed by atoms with Gasteiger partial charge < -0.3 is 0 Å². The summed E-state index contributed by atoms with van der Waals surface area (Å²) in [4.78, 5) is 37.4. The van der Waals surface area contributed by atoms with E-state index in [4.69, 9.17) is 0 Å². The average Bonchev–Trinajstić information content (AvgIpc) is 2.89. The van der Waals surface area contributed by atoms with Gasteiger partial charge in [0.2, 0.25) is 17.7 Å². The van der Waals surface area contributed by atoms with Gasteiger partial charge in [0.1, 0.15) is 5.69 Å². The molecule has 2 fully saturated rings. The van der Waals surface area contributed by atoms with Crippen LogP contribution in [0.1, 0.15) is 32.1 Å². The van der Waals surface area contributed by atoms with E-state index in [2.05, 4.69) is 0 Å². The maximum Gasteiger partial charge on any atom is 0.240 e. The van der Waals surface area contributed by atoms with E-state index in [0.29, 0.717) is 12.8 Å². The highest BCUT2D eigenvalue weighted by molar-refractivity contribution is 6.05. The zero-order valence-corrected chi connectivity index (χ0v) is 14.2. The Morgan fingerprint density at radius 3 is 2.04 bits per heavy atom. The molecule has 1 aliphatic carbocycles. The number of fused-ring (bicyclic) bond motifs is 1. The minimum absolute atomic E-state index is 0.0434. The van der Waals surface area contributed by atoms with Gasteiger partial charge in [0.15, 0.2) is 23.3 Å². The van der Waals surface area contributed by atoms with Crippen molar-refractivity contribution in [1.82, 2.24) is 10.3 Å². The maximum atomic E-state index is 13.5. The van der Waals surface area contributed by atoms with Crippen LogP contribution in [0.5, 0.6) is 0 Å². The molecule has 1 aromatic carbocycles. The molecule has 2 aliphatic rings. The Labute approximate surface area is 151 Å². The second kappa shape index (κ2) is 7.53. The highest BCUT2D eigenvalue weighted by Crippen LogP contribution is 2.37. The van der Waals surface area contributed by atoms with Gasteiger partial charge in [0.05, 0.1) is 11.8 Å². The van der Waals surface area contributed by atoms with Gasteiger partial charge in [-0.1, -0.05) is 12.8 Å². The van der Waals surface area contributed by atoms with Crippen LogP contribution in [-0.2, 0) is 14.4 Å². The Morgan fingerprint density at radius 1 is 1.00 bits per heavy atom. The third-order valence-electron chi connectivity index (χ3n) is 4.93. The van der Waals surface area contributed by atoms with Crippen LogP contribution in [0.2, 0.25) is 0 Å². The van der Waals surface area contributed by atoms with Gasteiger partial charge in [-0.15, -0.1) is 0 Å². The number of benzene rings is 1. The van der Waals surface area contributed by atoms with E-state index in [9.17, 15) is 31.9 Å². The lowest BCUT2D eigenvalue weighted by Crippen LogP contribution is -2.37. The van der Waals surface area contributed by atoms with Crippen molar-refractivity contribution in [1.29, 1.82) is 0 Å². The molecule has 0 aromatic heterocycles. The van der Waals surface area contributed by atoms with Gasteiger partial charge in [-0.3, -0.25) is 30.1 Å². The molecule has 27 heavy (non-hydrogen) atoms. The normalized spacial score (nSPS) is 22.0. The molecule has 2 unspecified atom stereocenters. The summed E-state index contributed by atoms with van der Waals surface area (Å²) in [6, 6.07) is 0.0434. The average molecular weight is 387 g/mol. The van der Waals surface area contributed by atoms with Crippen LogP contribution >= 0.6 is 0 Å². The number of hydrazine groups is 1. The maximum absolute atomic E-state index is 13.5. The smallest absolute Gasteiger partial charge is 0.240 e. The van der Waals surface area contributed by atoms with Crippen LogP contribution in [0.3, 0.4) is 0 Å². The minimum atomic E-state index is -1.69. The van der Waals surface area contributed by atoms with Crippen molar-refractivity contribution >= 4 is 23.4 Å². The summed E-state index contributed by atoms with van der Waals surface area (Å²) in [6.07, 6.45) is 2.71. The van der Waals surface area contributed by atoms with Crippen molar-refractivity contribution in [3.63, 3.8) is 0 Å². The van der Waals surface area contributed by atoms with Gasteiger partial charge in [-0.2, -0.15) is 0 Å². The molecule has 2 N–H and O–H groups in total. The van der Waals surface area contributed by atoms with E-state index in [1.54, 1.807) is 5.43 Å². The highest BCUT2D eigenvalue weighted by Gasteiger charge is 2.47. The summed E-state index contributed by atoms with van der Waals surface area (Å²) in [5.74, 6) is -8.75. The lowest BCUT2D eigenvalue weighted by atomic mass is 9.81. The number of nitrogens with one attached hydrogen (secondary N) is 2. The Morgan fingerprint density at radius 2 is 1.52 bits per heavy atom. The Bertz CT molecular complexity index is 752. The zero-order chi connectivity index (χ0) is 19.7. The van der Waals surface area contributed by atoms with E-state index < -0.39 is 34.9 Å². The standard InChI is InChI=1S/C17H17F4N3O3/c18-10-7-11(19)14(21)15(13(10)20)23-22-12(25)5-6-24-16(26)8-3-1-2-4-9(8)17(24)27/h7-9,23H,1-6H2,(H,22,25). The van der Waals surface area contributed by atoms with E-state index in [-0.39, 0.29) is 42.7 Å². The van der Waals surface area contributed by atoms with Crippen molar-refractivity contribution in [2.45, 2.75) is 32.1 Å². The van der Waals surface area contributed by atoms with Crippen LogP contribution < -0.4 is 10.9 Å². The van der Waals surface area contributed by atoms with Gasteiger partial charge in [0, 0.05) is 19.0 Å². The van der Waals surface area contributed by atoms with Crippen LogP contribution in [-0.4, -0.2) is 29.2 Å². The fourth-order valence-corrected chi connectivity index (χ4v) is 3.54. The van der Waals surface area contributed by atoms with Crippen molar-refractivity contribution in [2.75, 3.05) is 12.0 Å². The number of likely N-dealkylation sites (tertiary alicyclic amines) is 1. The number of amides is 3. The van der Waals surface area contributed by atoms with Crippen LogP contribution in [0.25, 0.3) is 0 Å². The summed E-state index contributed by atoms with van der Waals surface area (Å²) in [5.41, 5.74) is 2.51. The lowest BCUT2D eigenvalue weighted by molar-refractivity contribution is -0.140. The number of hydrogen-bond donors (Lipinski definition) is 2. The third kappa shape index (κ3) is 3.60. The summed E-state index contributed by atoms with van der Waals surface area (Å²) in [5, 5.41) is 0. The molecule has 1 saturated heterocycles. The number of hydrogen-bond acceptors (Lipinski definition) is 4. The van der Waals surface area contributed by atoms with Gasteiger partial charge >= 0.3 is 0 Å². The summed E-state index contributed by atoms with van der Waals surface area (Å²) in [6.45, 7) is -0.180. The number of imide groups is 1. The molecule has 1 aliphatic heterocycles. The second-order valence-corrected chi connectivity index (χ2v) is 6.59. The van der Waals surface area contributed by atoms with Gasteiger partial charge in [-0.05, 0) is 12.8 Å². The number of anilines is 1. The molecular weight excluding hydrogens is 370 g/mol. The van der Waals surface area contributed by atoms with Crippen molar-refractivity contribution in [2.24, 2.45) is 11.8 Å². The zero-order valence-electron chi connectivity index (χ0n) is 14.2. The number of nitrogens with zero attached hydrogens (tertiary/aromatic N) is 1. The van der Waals surface area contributed by atoms with E-state index in [0.717, 1.165) is 17.7 Å². The van der Waals surface area contributed by atoms with E-state index >= 15 is 0 Å². The molecule has 0 radical (unpaired) electrons. The number of rotatable bonds is 5. The van der Waals surface area contributed by atoms with Crippen LogP contribution in [0.15, 0.2) is 6.07 Å². The minimum Gasteiger partial charge on any atom is -0.293 e. The van der Waals surface area contributed by atoms with Gasteiger partial charge in [-0.25, -0.2) is 17.6 Å². The third-order valence-corrected chi connectivity index (χ3v) is 4.93. The summed E-state index contributed by atoms with van der Waals surface area (Å²) < 4.78 is 53.2. The number of carbonyl (C=O) groups excluding carboxylic acids is 3. The predicted octanol–water partition coefficient (Wildman–Crippen LogP) is 2.25. The summed E-state index contributed by atoms with van der Waals surface area (Å²) in [7, 11) is 0. The van der Waals surface area contributed by atoms with Crippen molar-refractivity contribution in [3.05, 3.63) is 29.3 Å². The number of halogens is 4. The fourth-order valence-electron chi connectivity index (χ4n) is 3.54. The Balaban J connectivity index is 1.57. The molecule has 0 bridgehead atoms. The van der Waals surface area contributed by atoms with Gasteiger partial charge in [0.25, 0.3) is 0 Å². The molecule has 3 rings (SSSR count). The fraction of sp³-hybridized carbons (Fsp3) is 0.471. The second-order valence-electron chi connectivity index (χ2n) is 6.59. The van der Waals surface area contributed by atoms with E-state index in [1.807, 2.05) is 5.43 Å². The molecule has 1 saturated carbocycles. The Kier molecular flexibility index (Phi) is 5.33. The van der Waals surface area contributed by atoms with Crippen molar-refractivity contribution < 1.29 is 31.9 Å².